The van der Waals surface area contributed by atoms with E-state index in [0.717, 1.165) is 31.5 Å². The van der Waals surface area contributed by atoms with Gasteiger partial charge in [-0.2, -0.15) is 0 Å². The Labute approximate surface area is 109 Å². The number of piperidine rings is 1. The first-order valence-electron chi connectivity index (χ1n) is 6.75. The number of benzene rings is 1. The molecule has 0 radical (unpaired) electrons. The van der Waals surface area contributed by atoms with Crippen LogP contribution in [0.25, 0.3) is 0 Å². The van der Waals surface area contributed by atoms with Crippen LogP contribution in [-0.2, 0) is 11.3 Å². The van der Waals surface area contributed by atoms with E-state index in [-0.39, 0.29) is 6.09 Å². The van der Waals surface area contributed by atoms with Gasteiger partial charge in [-0.05, 0) is 24.3 Å². The van der Waals surface area contributed by atoms with E-state index in [1.807, 2.05) is 35.2 Å². The number of carbonyl (C=O) groups is 1. The van der Waals surface area contributed by atoms with Crippen molar-refractivity contribution in [3.05, 3.63) is 35.9 Å². The van der Waals surface area contributed by atoms with Crippen molar-refractivity contribution in [3.8, 4) is 0 Å². The maximum absolute atomic E-state index is 11.9. The lowest BCUT2D eigenvalue weighted by Crippen LogP contribution is -2.40. The van der Waals surface area contributed by atoms with Gasteiger partial charge in [0.05, 0.1) is 0 Å². The molecule has 0 saturated carbocycles. The monoisotopic (exact) mass is 247 g/mol. The smallest absolute Gasteiger partial charge is 0.410 e. The lowest BCUT2D eigenvalue weighted by molar-refractivity contribution is 0.0786. The van der Waals surface area contributed by atoms with E-state index in [1.165, 1.54) is 6.42 Å². The molecular formula is C15H21NO2. The zero-order chi connectivity index (χ0) is 12.8. The van der Waals surface area contributed by atoms with Crippen LogP contribution in [0.15, 0.2) is 30.3 Å². The molecule has 1 aromatic rings. The maximum atomic E-state index is 11.9. The zero-order valence-electron chi connectivity index (χ0n) is 11.0. The number of nitrogens with zero attached hydrogens (tertiary/aromatic N) is 1. The summed E-state index contributed by atoms with van der Waals surface area (Å²) in [6.45, 7) is 4.24. The average molecular weight is 247 g/mol. The highest BCUT2D eigenvalue weighted by atomic mass is 16.6. The first-order valence-corrected chi connectivity index (χ1v) is 6.75. The van der Waals surface area contributed by atoms with Crippen molar-refractivity contribution in [3.63, 3.8) is 0 Å². The summed E-state index contributed by atoms with van der Waals surface area (Å²) in [7, 11) is 0. The second-order valence-corrected chi connectivity index (χ2v) is 4.90. The number of hydrogen-bond acceptors (Lipinski definition) is 2. The molecule has 0 bridgehead atoms. The van der Waals surface area contributed by atoms with Crippen molar-refractivity contribution >= 4 is 6.09 Å². The molecule has 98 valence electrons. The molecule has 0 aliphatic carbocycles. The Balaban J connectivity index is 1.81. The summed E-state index contributed by atoms with van der Waals surface area (Å²) in [6, 6.07) is 9.81. The molecule has 1 saturated heterocycles. The van der Waals surface area contributed by atoms with Crippen LogP contribution in [0.5, 0.6) is 0 Å². The Morgan fingerprint density at radius 1 is 1.39 bits per heavy atom. The van der Waals surface area contributed by atoms with Gasteiger partial charge in [-0.1, -0.05) is 43.7 Å². The predicted octanol–water partition coefficient (Wildman–Crippen LogP) is 3.45. The molecule has 0 aromatic heterocycles. The van der Waals surface area contributed by atoms with Gasteiger partial charge in [0, 0.05) is 13.1 Å². The van der Waals surface area contributed by atoms with Crippen LogP contribution in [0.2, 0.25) is 0 Å². The molecule has 2 rings (SSSR count). The third kappa shape index (κ3) is 3.49. The van der Waals surface area contributed by atoms with Gasteiger partial charge in [-0.25, -0.2) is 4.79 Å². The molecule has 1 atom stereocenters. The Morgan fingerprint density at radius 3 is 2.89 bits per heavy atom. The van der Waals surface area contributed by atoms with E-state index in [1.54, 1.807) is 0 Å². The molecule has 18 heavy (non-hydrogen) atoms. The van der Waals surface area contributed by atoms with Crippen LogP contribution in [0, 0.1) is 5.92 Å². The summed E-state index contributed by atoms with van der Waals surface area (Å²) >= 11 is 0. The van der Waals surface area contributed by atoms with Gasteiger partial charge in [0.1, 0.15) is 6.61 Å². The van der Waals surface area contributed by atoms with Crippen LogP contribution in [-0.4, -0.2) is 24.1 Å². The highest BCUT2D eigenvalue weighted by Crippen LogP contribution is 2.19. The fourth-order valence-corrected chi connectivity index (χ4v) is 2.37. The summed E-state index contributed by atoms with van der Waals surface area (Å²) in [5.74, 6) is 0.642. The fourth-order valence-electron chi connectivity index (χ4n) is 2.37. The summed E-state index contributed by atoms with van der Waals surface area (Å²) < 4.78 is 5.35. The van der Waals surface area contributed by atoms with Gasteiger partial charge in [0.15, 0.2) is 0 Å². The maximum Gasteiger partial charge on any atom is 0.410 e. The van der Waals surface area contributed by atoms with E-state index >= 15 is 0 Å². The van der Waals surface area contributed by atoms with E-state index in [4.69, 9.17) is 4.74 Å². The van der Waals surface area contributed by atoms with Crippen LogP contribution in [0.3, 0.4) is 0 Å². The molecule has 0 N–H and O–H groups in total. The number of hydrogen-bond donors (Lipinski definition) is 0. The zero-order valence-corrected chi connectivity index (χ0v) is 11.0. The standard InChI is InChI=1S/C15H21NO2/c1-2-13-9-6-10-16(11-13)15(17)18-12-14-7-4-3-5-8-14/h3-5,7-8,13H,2,6,9-12H2,1H3. The normalized spacial score (nSPS) is 19.6. The largest absolute Gasteiger partial charge is 0.445 e. The molecule has 3 nitrogen and oxygen atoms in total. The van der Waals surface area contributed by atoms with Gasteiger partial charge in [-0.15, -0.1) is 0 Å². The number of amides is 1. The lowest BCUT2D eigenvalue weighted by Gasteiger charge is -2.31. The molecule has 1 amide bonds. The number of likely N-dealkylation sites (tertiary alicyclic amines) is 1. The molecule has 1 aromatic carbocycles. The van der Waals surface area contributed by atoms with Crippen LogP contribution in [0.1, 0.15) is 31.7 Å². The van der Waals surface area contributed by atoms with E-state index < -0.39 is 0 Å². The minimum absolute atomic E-state index is 0.169. The van der Waals surface area contributed by atoms with Crippen molar-refractivity contribution in [1.29, 1.82) is 0 Å². The van der Waals surface area contributed by atoms with Crippen molar-refractivity contribution in [2.45, 2.75) is 32.8 Å². The predicted molar refractivity (Wildman–Crippen MR) is 71.2 cm³/mol. The number of rotatable bonds is 3. The SMILES string of the molecule is CCC1CCCN(C(=O)OCc2ccccc2)C1. The van der Waals surface area contributed by atoms with Crippen LogP contribution < -0.4 is 0 Å². The Kier molecular flexibility index (Phi) is 4.62. The molecular weight excluding hydrogens is 226 g/mol. The molecule has 1 fully saturated rings. The topological polar surface area (TPSA) is 29.5 Å². The molecule has 3 heteroatoms. The average Bonchev–Trinajstić information content (AvgIpc) is 2.46. The van der Waals surface area contributed by atoms with Crippen LogP contribution in [0.4, 0.5) is 4.79 Å². The van der Waals surface area contributed by atoms with E-state index in [2.05, 4.69) is 6.92 Å². The molecule has 1 aliphatic rings. The van der Waals surface area contributed by atoms with Gasteiger partial charge in [0.2, 0.25) is 0 Å². The lowest BCUT2D eigenvalue weighted by atomic mass is 9.96. The third-order valence-electron chi connectivity index (χ3n) is 3.56. The van der Waals surface area contributed by atoms with Gasteiger partial charge >= 0.3 is 6.09 Å². The molecule has 1 heterocycles. The Bertz CT molecular complexity index is 377. The Morgan fingerprint density at radius 2 is 2.17 bits per heavy atom. The molecule has 1 unspecified atom stereocenters. The second-order valence-electron chi connectivity index (χ2n) is 4.90. The highest BCUT2D eigenvalue weighted by molar-refractivity contribution is 5.67. The summed E-state index contributed by atoms with van der Waals surface area (Å²) in [4.78, 5) is 13.8. The van der Waals surface area contributed by atoms with Gasteiger partial charge in [-0.3, -0.25) is 0 Å². The van der Waals surface area contributed by atoms with Crippen molar-refractivity contribution in [1.82, 2.24) is 4.90 Å². The van der Waals surface area contributed by atoms with E-state index in [0.29, 0.717) is 12.5 Å². The minimum atomic E-state index is -0.169. The van der Waals surface area contributed by atoms with Crippen LogP contribution >= 0.6 is 0 Å². The first kappa shape index (κ1) is 12.9. The number of ether oxygens (including phenoxy) is 1. The van der Waals surface area contributed by atoms with Gasteiger partial charge < -0.3 is 9.64 Å². The van der Waals surface area contributed by atoms with Crippen molar-refractivity contribution in [2.75, 3.05) is 13.1 Å². The summed E-state index contributed by atoms with van der Waals surface area (Å²) in [5.41, 5.74) is 1.04. The quantitative estimate of drug-likeness (QED) is 0.818. The molecule has 0 spiro atoms. The van der Waals surface area contributed by atoms with E-state index in [9.17, 15) is 4.79 Å². The van der Waals surface area contributed by atoms with Crippen molar-refractivity contribution in [2.24, 2.45) is 5.92 Å². The second kappa shape index (κ2) is 6.43. The summed E-state index contributed by atoms with van der Waals surface area (Å²) in [6.07, 6.45) is 3.30. The Hall–Kier alpha value is -1.51. The third-order valence-corrected chi connectivity index (χ3v) is 3.56. The molecule has 1 aliphatic heterocycles. The minimum Gasteiger partial charge on any atom is -0.445 e. The number of carbonyl (C=O) groups excluding carboxylic acids is 1. The first-order chi connectivity index (χ1) is 8.79. The van der Waals surface area contributed by atoms with Crippen molar-refractivity contribution < 1.29 is 9.53 Å². The fraction of sp³-hybridized carbons (Fsp3) is 0.533. The van der Waals surface area contributed by atoms with Gasteiger partial charge in [0.25, 0.3) is 0 Å². The summed E-state index contributed by atoms with van der Waals surface area (Å²) in [5, 5.41) is 0. The highest BCUT2D eigenvalue weighted by Gasteiger charge is 2.23.